The van der Waals surface area contributed by atoms with Gasteiger partial charge in [0, 0.05) is 5.92 Å². The maximum Gasteiger partial charge on any atom is 0.159 e. The number of fused-ring (bicyclic) bond motifs is 5. The van der Waals surface area contributed by atoms with Crippen LogP contribution < -0.4 is 0 Å². The Bertz CT molecular complexity index is 688. The van der Waals surface area contributed by atoms with Gasteiger partial charge in [0.15, 0.2) is 5.78 Å². The van der Waals surface area contributed by atoms with E-state index in [1.165, 1.54) is 50.5 Å². The molecular weight excluding hydrogens is 320 g/mol. The first kappa shape index (κ1) is 17.2. The van der Waals surface area contributed by atoms with Crippen LogP contribution in [0.25, 0.3) is 0 Å². The summed E-state index contributed by atoms with van der Waals surface area (Å²) in [5.41, 5.74) is 3.48. The van der Waals surface area contributed by atoms with Crippen molar-refractivity contribution < 1.29 is 9.90 Å². The van der Waals surface area contributed by atoms with E-state index in [4.69, 9.17) is 0 Å². The second kappa shape index (κ2) is 5.80. The molecule has 3 saturated carbocycles. The number of carbonyl (C=O) groups is 1. The van der Waals surface area contributed by atoms with Crippen LogP contribution >= 0.6 is 0 Å². The van der Waals surface area contributed by atoms with Crippen LogP contribution in [0.1, 0.15) is 78.1 Å². The molecule has 3 fully saturated rings. The normalized spacial score (nSPS) is 50.6. The summed E-state index contributed by atoms with van der Waals surface area (Å²) in [5.74, 6) is 2.45. The predicted octanol–water partition coefficient (Wildman–Crippen LogP) is 5.22. The minimum Gasteiger partial charge on any atom is -0.393 e. The Morgan fingerprint density at radius 1 is 1.08 bits per heavy atom. The molecule has 0 amide bonds. The van der Waals surface area contributed by atoms with E-state index in [1.54, 1.807) is 5.57 Å². The Labute approximate surface area is 158 Å². The topological polar surface area (TPSA) is 37.3 Å². The highest BCUT2D eigenvalue weighted by atomic mass is 16.3. The van der Waals surface area contributed by atoms with Crippen LogP contribution in [0, 0.1) is 34.5 Å². The Balaban J connectivity index is 1.50. The van der Waals surface area contributed by atoms with Crippen molar-refractivity contribution in [1.82, 2.24) is 0 Å². The molecule has 0 aliphatic heterocycles. The van der Waals surface area contributed by atoms with Crippen molar-refractivity contribution >= 4 is 5.78 Å². The minimum absolute atomic E-state index is 0.157. The molecule has 0 aromatic rings. The fourth-order valence-electron chi connectivity index (χ4n) is 8.00. The van der Waals surface area contributed by atoms with E-state index >= 15 is 0 Å². The number of aliphatic hydroxyl groups excluding tert-OH is 1. The van der Waals surface area contributed by atoms with E-state index in [2.05, 4.69) is 19.9 Å². The van der Waals surface area contributed by atoms with Crippen LogP contribution in [0.4, 0.5) is 0 Å². The number of hydrogen-bond donors (Lipinski definition) is 1. The Morgan fingerprint density at radius 2 is 1.92 bits per heavy atom. The molecule has 5 rings (SSSR count). The van der Waals surface area contributed by atoms with Gasteiger partial charge in [-0.2, -0.15) is 0 Å². The summed E-state index contributed by atoms with van der Waals surface area (Å²) in [6.45, 7) is 4.92. The maximum absolute atomic E-state index is 13.3. The second-order valence-corrected chi connectivity index (χ2v) is 10.5. The quantitative estimate of drug-likeness (QED) is 0.656. The van der Waals surface area contributed by atoms with Gasteiger partial charge in [-0.25, -0.2) is 0 Å². The van der Waals surface area contributed by atoms with Crippen LogP contribution in [0.2, 0.25) is 0 Å². The first-order valence-corrected chi connectivity index (χ1v) is 11.1. The van der Waals surface area contributed by atoms with Crippen LogP contribution in [0.5, 0.6) is 0 Å². The molecule has 0 radical (unpaired) electrons. The lowest BCUT2D eigenvalue weighted by Gasteiger charge is -2.57. The van der Waals surface area contributed by atoms with Gasteiger partial charge in [0.2, 0.25) is 0 Å². The second-order valence-electron chi connectivity index (χ2n) is 10.5. The zero-order valence-electron chi connectivity index (χ0n) is 16.5. The number of carbonyl (C=O) groups excluding carboxylic acids is 1. The lowest BCUT2D eigenvalue weighted by molar-refractivity contribution is -0.133. The molecule has 2 heteroatoms. The predicted molar refractivity (Wildman–Crippen MR) is 104 cm³/mol. The Morgan fingerprint density at radius 3 is 2.69 bits per heavy atom. The van der Waals surface area contributed by atoms with E-state index in [0.717, 1.165) is 25.2 Å². The summed E-state index contributed by atoms with van der Waals surface area (Å²) in [7, 11) is 0. The molecule has 7 atom stereocenters. The van der Waals surface area contributed by atoms with Crippen molar-refractivity contribution in [2.75, 3.05) is 0 Å². The highest BCUT2D eigenvalue weighted by Gasteiger charge is 2.61. The molecule has 26 heavy (non-hydrogen) atoms. The van der Waals surface area contributed by atoms with E-state index in [9.17, 15) is 9.90 Å². The molecule has 1 N–H and O–H groups in total. The Hall–Kier alpha value is -0.890. The highest BCUT2D eigenvalue weighted by Crippen LogP contribution is 2.66. The third-order valence-corrected chi connectivity index (χ3v) is 9.44. The number of allylic oxidation sites excluding steroid dienone is 3. The molecule has 0 saturated heterocycles. The monoisotopic (exact) mass is 354 g/mol. The van der Waals surface area contributed by atoms with Gasteiger partial charge in [-0.05, 0) is 98.9 Å². The van der Waals surface area contributed by atoms with Crippen LogP contribution in [0.3, 0.4) is 0 Å². The first-order chi connectivity index (χ1) is 12.4. The zero-order valence-corrected chi connectivity index (χ0v) is 16.5. The fourth-order valence-corrected chi connectivity index (χ4v) is 8.00. The van der Waals surface area contributed by atoms with E-state index in [-0.39, 0.29) is 17.4 Å². The third-order valence-electron chi connectivity index (χ3n) is 9.44. The third kappa shape index (κ3) is 2.23. The highest BCUT2D eigenvalue weighted by molar-refractivity contribution is 5.94. The molecule has 5 aliphatic rings. The maximum atomic E-state index is 13.3. The summed E-state index contributed by atoms with van der Waals surface area (Å²) in [6, 6.07) is 0. The van der Waals surface area contributed by atoms with E-state index in [0.29, 0.717) is 23.0 Å². The zero-order chi connectivity index (χ0) is 18.1. The smallest absolute Gasteiger partial charge is 0.159 e. The van der Waals surface area contributed by atoms with Crippen molar-refractivity contribution in [3.05, 3.63) is 23.3 Å². The summed E-state index contributed by atoms with van der Waals surface area (Å²) in [5, 5.41) is 10.1. The average molecular weight is 355 g/mol. The number of aliphatic hydroxyl groups is 1. The summed E-state index contributed by atoms with van der Waals surface area (Å²) in [4.78, 5) is 13.3. The van der Waals surface area contributed by atoms with Crippen molar-refractivity contribution in [1.29, 1.82) is 0 Å². The van der Waals surface area contributed by atoms with Gasteiger partial charge < -0.3 is 5.11 Å². The van der Waals surface area contributed by atoms with Crippen LogP contribution in [-0.2, 0) is 4.79 Å². The summed E-state index contributed by atoms with van der Waals surface area (Å²) in [6.07, 6.45) is 15.9. The number of ketones is 1. The van der Waals surface area contributed by atoms with Crippen LogP contribution in [-0.4, -0.2) is 17.0 Å². The van der Waals surface area contributed by atoms with Gasteiger partial charge in [-0.1, -0.05) is 31.1 Å². The van der Waals surface area contributed by atoms with Gasteiger partial charge in [-0.15, -0.1) is 0 Å². The molecule has 5 aliphatic carbocycles. The minimum atomic E-state index is -0.238. The lowest BCUT2D eigenvalue weighted by atomic mass is 9.47. The van der Waals surface area contributed by atoms with Crippen molar-refractivity contribution in [3.8, 4) is 0 Å². The fraction of sp³-hybridized carbons (Fsp3) is 0.792. The standard InChI is InChI=1S/C24H34O2/c1-23-11-9-17(25)13-16(23)14-21(26)22-19-8-7-18(15-5-3-4-6-15)24(19,2)12-10-20(22)23/h5,14,17-20,22,25H,3-4,6-13H2,1-2H3/t17-,18+,19?,20?,22?,23-,24+/m0/s1. The SMILES string of the molecule is C[C@]12CC[C@H](O)CC1=CC(=O)C1C2CC[C@@]2(C)C1CC[C@@H]2C1=CCCC1. The molecule has 2 nitrogen and oxygen atoms in total. The first-order valence-electron chi connectivity index (χ1n) is 11.1. The van der Waals surface area contributed by atoms with Crippen LogP contribution in [0.15, 0.2) is 23.3 Å². The number of rotatable bonds is 1. The summed E-state index contributed by atoms with van der Waals surface area (Å²) >= 11 is 0. The van der Waals surface area contributed by atoms with Gasteiger partial charge >= 0.3 is 0 Å². The molecule has 0 heterocycles. The average Bonchev–Trinajstić information content (AvgIpc) is 3.23. The molecular formula is C24H34O2. The van der Waals surface area contributed by atoms with Gasteiger partial charge in [0.25, 0.3) is 0 Å². The molecule has 142 valence electrons. The number of hydrogen-bond acceptors (Lipinski definition) is 2. The van der Waals surface area contributed by atoms with Gasteiger partial charge in [0.1, 0.15) is 0 Å². The molecule has 3 unspecified atom stereocenters. The molecule has 0 bridgehead atoms. The molecule has 0 aromatic carbocycles. The van der Waals surface area contributed by atoms with Crippen molar-refractivity contribution in [3.63, 3.8) is 0 Å². The van der Waals surface area contributed by atoms with E-state index in [1.807, 2.05) is 6.08 Å². The van der Waals surface area contributed by atoms with E-state index < -0.39 is 0 Å². The van der Waals surface area contributed by atoms with Crippen molar-refractivity contribution in [2.24, 2.45) is 34.5 Å². The van der Waals surface area contributed by atoms with Gasteiger partial charge in [-0.3, -0.25) is 4.79 Å². The largest absolute Gasteiger partial charge is 0.393 e. The lowest BCUT2D eigenvalue weighted by Crippen LogP contribution is -2.53. The van der Waals surface area contributed by atoms with Crippen molar-refractivity contribution in [2.45, 2.75) is 84.2 Å². The summed E-state index contributed by atoms with van der Waals surface area (Å²) < 4.78 is 0. The van der Waals surface area contributed by atoms with Gasteiger partial charge in [0.05, 0.1) is 6.10 Å². The Kier molecular flexibility index (Phi) is 3.84. The molecule has 0 aromatic heterocycles. The molecule has 0 spiro atoms.